The number of hydrogen-bond acceptors (Lipinski definition) is 5. The summed E-state index contributed by atoms with van der Waals surface area (Å²) in [6, 6.07) is 0. The molecule has 3 aromatic heterocycles. The number of nitrogens with one attached hydrogen (secondary N) is 2. The fraction of sp³-hybridized carbons (Fsp3) is 0.333. The predicted octanol–water partition coefficient (Wildman–Crippen LogP) is 1.91. The van der Waals surface area contributed by atoms with E-state index in [0.717, 1.165) is 23.2 Å². The Kier molecular flexibility index (Phi) is 3.27. The van der Waals surface area contributed by atoms with Crippen molar-refractivity contribution in [3.8, 4) is 0 Å². The molecule has 0 saturated carbocycles. The number of halogens is 1. The van der Waals surface area contributed by atoms with E-state index in [9.17, 15) is 0 Å². The number of aromatic amines is 1. The minimum atomic E-state index is 0.175. The average Bonchev–Trinajstić information content (AvgIpc) is 3.01. The second-order valence-corrected chi connectivity index (χ2v) is 4.76. The predicted molar refractivity (Wildman–Crippen MR) is 76.6 cm³/mol. The Morgan fingerprint density at radius 1 is 1.40 bits per heavy atom. The van der Waals surface area contributed by atoms with Gasteiger partial charge >= 0.3 is 0 Å². The fourth-order valence-corrected chi connectivity index (χ4v) is 2.31. The Morgan fingerprint density at radius 3 is 3.05 bits per heavy atom. The molecular weight excluding hydrogens is 278 g/mol. The Labute approximate surface area is 120 Å². The summed E-state index contributed by atoms with van der Waals surface area (Å²) in [6.07, 6.45) is 4.46. The number of nitrogens with zero attached hydrogens (tertiary/aromatic N) is 5. The monoisotopic (exact) mass is 291 g/mol. The molecule has 2 N–H and O–H groups in total. The lowest BCUT2D eigenvalue weighted by molar-refractivity contribution is 0.746. The van der Waals surface area contributed by atoms with E-state index in [1.807, 2.05) is 17.9 Å². The number of aryl methyl sites for hydroxylation is 2. The molecule has 0 saturated heterocycles. The van der Waals surface area contributed by atoms with Gasteiger partial charge in [0.25, 0.3) is 0 Å². The van der Waals surface area contributed by atoms with Gasteiger partial charge in [-0.25, -0.2) is 4.98 Å². The van der Waals surface area contributed by atoms with Crippen LogP contribution in [-0.4, -0.2) is 29.7 Å². The first-order valence-electron chi connectivity index (χ1n) is 6.29. The van der Waals surface area contributed by atoms with Crippen LogP contribution in [0.2, 0.25) is 5.28 Å². The lowest BCUT2D eigenvalue weighted by atomic mass is 10.2. The van der Waals surface area contributed by atoms with Gasteiger partial charge in [0.05, 0.1) is 12.0 Å². The zero-order valence-corrected chi connectivity index (χ0v) is 11.9. The number of hydrogen-bond donors (Lipinski definition) is 2. The molecule has 0 unspecified atom stereocenters. The van der Waals surface area contributed by atoms with Crippen LogP contribution in [0, 0.1) is 0 Å². The van der Waals surface area contributed by atoms with Gasteiger partial charge in [-0.1, -0.05) is 6.92 Å². The second kappa shape index (κ2) is 5.09. The van der Waals surface area contributed by atoms with Gasteiger partial charge in [0.1, 0.15) is 5.52 Å². The molecule has 0 aliphatic heterocycles. The standard InChI is InChI=1S/C12H14ClN7/c1-3-8-7(5-20(2)19-8)4-14-10-9-11(16-6-15-9)18-12(13)17-10/h5-6H,3-4H2,1-2H3,(H2,14,15,16,17,18). The smallest absolute Gasteiger partial charge is 0.226 e. The molecule has 7 nitrogen and oxygen atoms in total. The Hall–Kier alpha value is -2.15. The van der Waals surface area contributed by atoms with E-state index in [4.69, 9.17) is 11.6 Å². The van der Waals surface area contributed by atoms with Crippen molar-refractivity contribution in [3.05, 3.63) is 29.1 Å². The first-order chi connectivity index (χ1) is 9.67. The molecule has 3 rings (SSSR count). The number of imidazole rings is 1. The minimum Gasteiger partial charge on any atom is -0.364 e. The molecule has 0 atom stereocenters. The summed E-state index contributed by atoms with van der Waals surface area (Å²) in [5.41, 5.74) is 3.50. The molecule has 0 radical (unpaired) electrons. The maximum Gasteiger partial charge on any atom is 0.226 e. The molecule has 3 heterocycles. The highest BCUT2D eigenvalue weighted by atomic mass is 35.5. The summed E-state index contributed by atoms with van der Waals surface area (Å²) in [5, 5.41) is 7.84. The van der Waals surface area contributed by atoms with Crippen LogP contribution >= 0.6 is 11.6 Å². The zero-order chi connectivity index (χ0) is 14.1. The maximum absolute atomic E-state index is 5.89. The topological polar surface area (TPSA) is 84.3 Å². The third-order valence-corrected chi connectivity index (χ3v) is 3.20. The van der Waals surface area contributed by atoms with Crippen LogP contribution in [0.3, 0.4) is 0 Å². The normalized spacial score (nSPS) is 11.2. The van der Waals surface area contributed by atoms with Crippen LogP contribution in [0.15, 0.2) is 12.5 Å². The first-order valence-corrected chi connectivity index (χ1v) is 6.67. The summed E-state index contributed by atoms with van der Waals surface area (Å²) in [7, 11) is 1.91. The van der Waals surface area contributed by atoms with Crippen LogP contribution in [0.5, 0.6) is 0 Å². The summed E-state index contributed by atoms with van der Waals surface area (Å²) < 4.78 is 1.81. The molecule has 0 aliphatic carbocycles. The largest absolute Gasteiger partial charge is 0.364 e. The molecule has 0 aliphatic rings. The quantitative estimate of drug-likeness (QED) is 0.717. The van der Waals surface area contributed by atoms with Crippen LogP contribution in [0.4, 0.5) is 5.82 Å². The molecule has 8 heteroatoms. The highest BCUT2D eigenvalue weighted by Gasteiger charge is 2.10. The summed E-state index contributed by atoms with van der Waals surface area (Å²) in [4.78, 5) is 15.3. The molecule has 104 valence electrons. The third-order valence-electron chi connectivity index (χ3n) is 3.03. The molecular formula is C12H14ClN7. The van der Waals surface area contributed by atoms with Gasteiger partial charge in [-0.05, 0) is 18.0 Å². The van der Waals surface area contributed by atoms with Gasteiger partial charge in [-0.15, -0.1) is 0 Å². The van der Waals surface area contributed by atoms with Gasteiger partial charge < -0.3 is 10.3 Å². The highest BCUT2D eigenvalue weighted by Crippen LogP contribution is 2.19. The summed E-state index contributed by atoms with van der Waals surface area (Å²) in [6.45, 7) is 2.71. The summed E-state index contributed by atoms with van der Waals surface area (Å²) >= 11 is 5.89. The molecule has 0 spiro atoms. The Balaban J connectivity index is 1.88. The average molecular weight is 292 g/mol. The van der Waals surface area contributed by atoms with Crippen molar-refractivity contribution in [1.29, 1.82) is 0 Å². The van der Waals surface area contributed by atoms with Crippen LogP contribution in [0.25, 0.3) is 11.2 Å². The first kappa shape index (κ1) is 12.9. The van der Waals surface area contributed by atoms with Crippen molar-refractivity contribution in [2.75, 3.05) is 5.32 Å². The summed E-state index contributed by atoms with van der Waals surface area (Å²) in [5.74, 6) is 0.642. The van der Waals surface area contributed by atoms with Gasteiger partial charge in [0.2, 0.25) is 5.28 Å². The molecule has 0 bridgehead atoms. The van der Waals surface area contributed by atoms with E-state index < -0.39 is 0 Å². The van der Waals surface area contributed by atoms with E-state index in [1.165, 1.54) is 0 Å². The van der Waals surface area contributed by atoms with Gasteiger partial charge in [-0.3, -0.25) is 4.68 Å². The van der Waals surface area contributed by atoms with Crippen LogP contribution < -0.4 is 5.32 Å². The maximum atomic E-state index is 5.89. The molecule has 20 heavy (non-hydrogen) atoms. The number of aromatic nitrogens is 6. The minimum absolute atomic E-state index is 0.175. The highest BCUT2D eigenvalue weighted by molar-refractivity contribution is 6.28. The van der Waals surface area contributed by atoms with E-state index in [2.05, 4.69) is 37.3 Å². The van der Waals surface area contributed by atoms with Gasteiger partial charge in [0.15, 0.2) is 11.5 Å². The Bertz CT molecular complexity index is 745. The molecule has 3 aromatic rings. The molecule has 0 fully saturated rings. The van der Waals surface area contributed by atoms with Crippen molar-refractivity contribution >= 4 is 28.6 Å². The van der Waals surface area contributed by atoms with Crippen LogP contribution in [-0.2, 0) is 20.0 Å². The van der Waals surface area contributed by atoms with Gasteiger partial charge in [0, 0.05) is 25.4 Å². The third kappa shape index (κ3) is 2.32. The van der Waals surface area contributed by atoms with Crippen molar-refractivity contribution in [1.82, 2.24) is 29.7 Å². The molecule has 0 amide bonds. The van der Waals surface area contributed by atoms with Crippen molar-refractivity contribution < 1.29 is 0 Å². The van der Waals surface area contributed by atoms with E-state index in [1.54, 1.807) is 6.33 Å². The lowest BCUT2D eigenvalue weighted by Crippen LogP contribution is -2.04. The SMILES string of the molecule is CCc1nn(C)cc1CNc1nc(Cl)nc2nc[nH]c12. The second-order valence-electron chi connectivity index (χ2n) is 4.42. The van der Waals surface area contributed by atoms with Crippen molar-refractivity contribution in [3.63, 3.8) is 0 Å². The molecule has 0 aromatic carbocycles. The van der Waals surface area contributed by atoms with E-state index >= 15 is 0 Å². The lowest BCUT2D eigenvalue weighted by Gasteiger charge is -2.06. The van der Waals surface area contributed by atoms with Gasteiger partial charge in [-0.2, -0.15) is 15.1 Å². The van der Waals surface area contributed by atoms with Crippen molar-refractivity contribution in [2.45, 2.75) is 19.9 Å². The fourth-order valence-electron chi connectivity index (χ4n) is 2.14. The van der Waals surface area contributed by atoms with E-state index in [0.29, 0.717) is 18.0 Å². The van der Waals surface area contributed by atoms with Crippen molar-refractivity contribution in [2.24, 2.45) is 7.05 Å². The number of rotatable bonds is 4. The Morgan fingerprint density at radius 2 is 2.25 bits per heavy atom. The van der Waals surface area contributed by atoms with E-state index in [-0.39, 0.29) is 5.28 Å². The number of fused-ring (bicyclic) bond motifs is 1. The zero-order valence-electron chi connectivity index (χ0n) is 11.2. The number of H-pyrrole nitrogens is 1. The van der Waals surface area contributed by atoms with Crippen LogP contribution in [0.1, 0.15) is 18.2 Å². The number of anilines is 1.